The van der Waals surface area contributed by atoms with Gasteiger partial charge in [-0.25, -0.2) is 4.39 Å². The van der Waals surface area contributed by atoms with Gasteiger partial charge in [0.15, 0.2) is 0 Å². The first-order valence-corrected chi connectivity index (χ1v) is 6.86. The van der Waals surface area contributed by atoms with Crippen molar-refractivity contribution < 1.29 is 4.39 Å². The number of rotatable bonds is 3. The molecule has 19 heavy (non-hydrogen) atoms. The molecule has 0 bridgehead atoms. The van der Waals surface area contributed by atoms with E-state index in [1.54, 1.807) is 12.1 Å². The number of nitrogens with one attached hydrogen (secondary N) is 1. The Hall–Kier alpha value is -1.61. The van der Waals surface area contributed by atoms with Gasteiger partial charge >= 0.3 is 0 Å². The summed E-state index contributed by atoms with van der Waals surface area (Å²) < 4.78 is 14.4. The van der Waals surface area contributed by atoms with Gasteiger partial charge in [-0.2, -0.15) is 5.26 Å². The van der Waals surface area contributed by atoms with Crippen molar-refractivity contribution in [1.29, 1.82) is 5.26 Å². The van der Waals surface area contributed by atoms with E-state index in [1.807, 2.05) is 25.1 Å². The van der Waals surface area contributed by atoms with E-state index in [0.29, 0.717) is 6.54 Å². The standard InChI is InChI=1S/C15H12FIN2/c1-10-6-13(17)3-5-15(10)19-9-11-2-4-14(16)12(7-11)8-18/h2-7,19H,9H2,1H3. The molecule has 0 amide bonds. The fraction of sp³-hybridized carbons (Fsp3) is 0.133. The molecule has 0 saturated heterocycles. The molecule has 0 aromatic heterocycles. The maximum absolute atomic E-state index is 13.2. The zero-order valence-corrected chi connectivity index (χ0v) is 12.5. The van der Waals surface area contributed by atoms with Crippen molar-refractivity contribution in [2.45, 2.75) is 13.5 Å². The third-order valence-corrected chi connectivity index (χ3v) is 3.49. The van der Waals surface area contributed by atoms with Crippen LogP contribution in [0.1, 0.15) is 16.7 Å². The third-order valence-electron chi connectivity index (χ3n) is 2.82. The van der Waals surface area contributed by atoms with E-state index >= 15 is 0 Å². The van der Waals surface area contributed by atoms with Crippen LogP contribution in [-0.4, -0.2) is 0 Å². The van der Waals surface area contributed by atoms with Gasteiger partial charge in [-0.05, 0) is 71.0 Å². The SMILES string of the molecule is Cc1cc(I)ccc1NCc1ccc(F)c(C#N)c1. The Labute approximate surface area is 125 Å². The molecule has 2 nitrogen and oxygen atoms in total. The van der Waals surface area contributed by atoms with Crippen LogP contribution in [0.2, 0.25) is 0 Å². The summed E-state index contributed by atoms with van der Waals surface area (Å²) in [4.78, 5) is 0. The van der Waals surface area contributed by atoms with Crippen LogP contribution in [0.15, 0.2) is 36.4 Å². The van der Waals surface area contributed by atoms with Crippen LogP contribution in [0.5, 0.6) is 0 Å². The van der Waals surface area contributed by atoms with Crippen molar-refractivity contribution in [1.82, 2.24) is 0 Å². The highest BCUT2D eigenvalue weighted by Crippen LogP contribution is 2.19. The van der Waals surface area contributed by atoms with Crippen LogP contribution in [0.25, 0.3) is 0 Å². The summed E-state index contributed by atoms with van der Waals surface area (Å²) in [6, 6.07) is 12.6. The van der Waals surface area contributed by atoms with E-state index in [0.717, 1.165) is 16.8 Å². The van der Waals surface area contributed by atoms with E-state index in [9.17, 15) is 4.39 Å². The second kappa shape index (κ2) is 6.02. The molecule has 0 fully saturated rings. The molecule has 4 heteroatoms. The average molecular weight is 366 g/mol. The molecule has 0 aliphatic carbocycles. The molecule has 96 valence electrons. The highest BCUT2D eigenvalue weighted by atomic mass is 127. The molecular weight excluding hydrogens is 354 g/mol. The third kappa shape index (κ3) is 3.44. The summed E-state index contributed by atoms with van der Waals surface area (Å²) in [5.74, 6) is -0.475. The van der Waals surface area contributed by atoms with Crippen molar-refractivity contribution in [2.75, 3.05) is 5.32 Å². The van der Waals surface area contributed by atoms with Gasteiger partial charge in [-0.3, -0.25) is 0 Å². The van der Waals surface area contributed by atoms with Crippen LogP contribution >= 0.6 is 22.6 Å². The Morgan fingerprint density at radius 1 is 1.26 bits per heavy atom. The van der Waals surface area contributed by atoms with Crippen molar-refractivity contribution in [2.24, 2.45) is 0 Å². The van der Waals surface area contributed by atoms with E-state index in [4.69, 9.17) is 5.26 Å². The van der Waals surface area contributed by atoms with Crippen LogP contribution in [0.3, 0.4) is 0 Å². The fourth-order valence-corrected chi connectivity index (χ4v) is 2.44. The molecule has 0 atom stereocenters. The number of aryl methyl sites for hydroxylation is 1. The Morgan fingerprint density at radius 2 is 2.05 bits per heavy atom. The predicted octanol–water partition coefficient (Wildman–Crippen LogP) is 4.22. The number of nitriles is 1. The molecule has 0 radical (unpaired) electrons. The largest absolute Gasteiger partial charge is 0.381 e. The van der Waals surface area contributed by atoms with Gasteiger partial charge in [0.25, 0.3) is 0 Å². The molecular formula is C15H12FIN2. The van der Waals surface area contributed by atoms with Crippen LogP contribution < -0.4 is 5.32 Å². The van der Waals surface area contributed by atoms with Crippen molar-refractivity contribution in [3.8, 4) is 6.07 Å². The first kappa shape index (κ1) is 13.8. The van der Waals surface area contributed by atoms with Gasteiger partial charge in [0.05, 0.1) is 5.56 Å². The predicted molar refractivity (Wildman–Crippen MR) is 82.3 cm³/mol. The normalized spacial score (nSPS) is 10.0. The summed E-state index contributed by atoms with van der Waals surface area (Å²) in [6.45, 7) is 2.60. The van der Waals surface area contributed by atoms with E-state index in [1.165, 1.54) is 9.64 Å². The second-order valence-electron chi connectivity index (χ2n) is 4.24. The summed E-state index contributed by atoms with van der Waals surface area (Å²) in [5.41, 5.74) is 3.17. The summed E-state index contributed by atoms with van der Waals surface area (Å²) in [6.07, 6.45) is 0. The first-order valence-electron chi connectivity index (χ1n) is 5.78. The molecule has 0 heterocycles. The number of anilines is 1. The Kier molecular flexibility index (Phi) is 4.38. The molecule has 2 rings (SSSR count). The van der Waals surface area contributed by atoms with Crippen LogP contribution in [-0.2, 0) is 6.54 Å². The molecule has 2 aromatic carbocycles. The molecule has 0 unspecified atom stereocenters. The maximum Gasteiger partial charge on any atom is 0.140 e. The highest BCUT2D eigenvalue weighted by molar-refractivity contribution is 14.1. The van der Waals surface area contributed by atoms with Gasteiger partial charge in [-0.15, -0.1) is 0 Å². The van der Waals surface area contributed by atoms with Gasteiger partial charge < -0.3 is 5.32 Å². The van der Waals surface area contributed by atoms with Gasteiger partial charge in [-0.1, -0.05) is 6.07 Å². The quantitative estimate of drug-likeness (QED) is 0.826. The topological polar surface area (TPSA) is 35.8 Å². The zero-order valence-electron chi connectivity index (χ0n) is 10.4. The monoisotopic (exact) mass is 366 g/mol. The van der Waals surface area contributed by atoms with Gasteiger partial charge in [0.1, 0.15) is 11.9 Å². The lowest BCUT2D eigenvalue weighted by Gasteiger charge is -2.10. The number of nitrogens with zero attached hydrogens (tertiary/aromatic N) is 1. The number of halogens is 2. The van der Waals surface area contributed by atoms with Crippen LogP contribution in [0, 0.1) is 27.6 Å². The lowest BCUT2D eigenvalue weighted by Crippen LogP contribution is -2.02. The molecule has 0 spiro atoms. The minimum Gasteiger partial charge on any atom is -0.381 e. The molecule has 0 saturated carbocycles. The lowest BCUT2D eigenvalue weighted by atomic mass is 10.1. The van der Waals surface area contributed by atoms with Crippen molar-refractivity contribution in [3.63, 3.8) is 0 Å². The minimum absolute atomic E-state index is 0.0821. The second-order valence-corrected chi connectivity index (χ2v) is 5.48. The molecule has 2 aromatic rings. The Morgan fingerprint density at radius 3 is 2.74 bits per heavy atom. The first-order chi connectivity index (χ1) is 9.10. The van der Waals surface area contributed by atoms with Gasteiger partial charge in [0.2, 0.25) is 0 Å². The highest BCUT2D eigenvalue weighted by Gasteiger charge is 2.03. The number of hydrogen-bond acceptors (Lipinski definition) is 2. The smallest absolute Gasteiger partial charge is 0.140 e. The summed E-state index contributed by atoms with van der Waals surface area (Å²) in [5, 5.41) is 12.1. The average Bonchev–Trinajstić information content (AvgIpc) is 2.39. The lowest BCUT2D eigenvalue weighted by molar-refractivity contribution is 0.623. The molecule has 1 N–H and O–H groups in total. The molecule has 0 aliphatic rings. The number of benzene rings is 2. The van der Waals surface area contributed by atoms with Gasteiger partial charge in [0, 0.05) is 15.8 Å². The fourth-order valence-electron chi connectivity index (χ4n) is 1.79. The van der Waals surface area contributed by atoms with Crippen molar-refractivity contribution >= 4 is 28.3 Å². The summed E-state index contributed by atoms with van der Waals surface area (Å²) in [7, 11) is 0. The van der Waals surface area contributed by atoms with Crippen LogP contribution in [0.4, 0.5) is 10.1 Å². The van der Waals surface area contributed by atoms with E-state index < -0.39 is 5.82 Å². The van der Waals surface area contributed by atoms with E-state index in [-0.39, 0.29) is 5.56 Å². The van der Waals surface area contributed by atoms with Crippen molar-refractivity contribution in [3.05, 3.63) is 62.5 Å². The minimum atomic E-state index is -0.475. The Balaban J connectivity index is 2.13. The number of hydrogen-bond donors (Lipinski definition) is 1. The maximum atomic E-state index is 13.2. The zero-order chi connectivity index (χ0) is 13.8. The Bertz CT molecular complexity index is 647. The molecule has 0 aliphatic heterocycles. The van der Waals surface area contributed by atoms with E-state index in [2.05, 4.69) is 34.0 Å². The summed E-state index contributed by atoms with van der Waals surface area (Å²) >= 11 is 2.27.